The second-order valence-corrected chi connectivity index (χ2v) is 10.7. The van der Waals surface area contributed by atoms with Crippen LogP contribution in [0.3, 0.4) is 0 Å². The Hall–Kier alpha value is -1.94. The van der Waals surface area contributed by atoms with Crippen LogP contribution in [0.2, 0.25) is 0 Å². The number of rotatable bonds is 6. The Balaban J connectivity index is 1.90. The van der Waals surface area contributed by atoms with E-state index in [1.807, 2.05) is 0 Å². The normalized spacial score (nSPS) is 19.4. The van der Waals surface area contributed by atoms with Gasteiger partial charge in [-0.15, -0.1) is 0 Å². The first kappa shape index (κ1) is 18.8. The van der Waals surface area contributed by atoms with Crippen LogP contribution in [0.5, 0.6) is 0 Å². The van der Waals surface area contributed by atoms with Gasteiger partial charge in [0.05, 0.1) is 16.1 Å². The van der Waals surface area contributed by atoms with Crippen molar-refractivity contribution in [3.05, 3.63) is 17.0 Å². The molecular weight excluding hydrogens is 362 g/mol. The van der Waals surface area contributed by atoms with Crippen molar-refractivity contribution in [1.29, 1.82) is 0 Å². The molecule has 1 fully saturated rings. The van der Waals surface area contributed by atoms with Gasteiger partial charge in [0, 0.05) is 25.7 Å². The van der Waals surface area contributed by atoms with E-state index in [0.29, 0.717) is 24.8 Å². The van der Waals surface area contributed by atoms with E-state index >= 15 is 0 Å². The molecule has 2 aliphatic rings. The van der Waals surface area contributed by atoms with Gasteiger partial charge in [0.1, 0.15) is 5.69 Å². The molecule has 1 aliphatic heterocycles. The van der Waals surface area contributed by atoms with Crippen molar-refractivity contribution >= 4 is 21.7 Å². The van der Waals surface area contributed by atoms with E-state index in [9.17, 15) is 28.2 Å². The minimum Gasteiger partial charge on any atom is -0.476 e. The van der Waals surface area contributed by atoms with Gasteiger partial charge in [0.2, 0.25) is 0 Å². The first-order valence-electron chi connectivity index (χ1n) is 8.41. The summed E-state index contributed by atoms with van der Waals surface area (Å²) in [6.45, 7) is 2.77. The van der Waals surface area contributed by atoms with Gasteiger partial charge in [0.15, 0.2) is 15.5 Å². The molecule has 1 aromatic rings. The topological polar surface area (TPSA) is 130 Å². The van der Waals surface area contributed by atoms with Crippen LogP contribution in [-0.4, -0.2) is 74.4 Å². The molecule has 1 amide bonds. The fourth-order valence-electron chi connectivity index (χ4n) is 3.56. The first-order valence-corrected chi connectivity index (χ1v) is 9.89. The third-order valence-electron chi connectivity index (χ3n) is 5.43. The van der Waals surface area contributed by atoms with E-state index in [-0.39, 0.29) is 24.5 Å². The van der Waals surface area contributed by atoms with Crippen LogP contribution < -0.4 is 0 Å². The maximum absolute atomic E-state index is 13.0. The predicted molar refractivity (Wildman–Crippen MR) is 91.8 cm³/mol. The molecule has 0 bridgehead atoms. The number of fused-ring (bicyclic) bond motifs is 1. The second kappa shape index (κ2) is 5.78. The summed E-state index contributed by atoms with van der Waals surface area (Å²) < 4.78 is 24.8. The predicted octanol–water partition coefficient (Wildman–Crippen LogP) is -0.165. The Morgan fingerprint density at radius 3 is 2.46 bits per heavy atom. The zero-order valence-electron chi connectivity index (χ0n) is 15.0. The van der Waals surface area contributed by atoms with Crippen molar-refractivity contribution < 1.29 is 28.2 Å². The van der Waals surface area contributed by atoms with Crippen molar-refractivity contribution in [2.75, 3.05) is 19.7 Å². The number of aromatic nitrogens is 2. The molecule has 0 saturated heterocycles. The Morgan fingerprint density at radius 1 is 1.35 bits per heavy atom. The van der Waals surface area contributed by atoms with Crippen molar-refractivity contribution in [3.63, 3.8) is 0 Å². The zero-order chi connectivity index (χ0) is 19.5. The lowest BCUT2D eigenvalue weighted by Gasteiger charge is -2.34. The van der Waals surface area contributed by atoms with Gasteiger partial charge in [-0.1, -0.05) is 0 Å². The first-order chi connectivity index (χ1) is 12.0. The van der Waals surface area contributed by atoms with Crippen molar-refractivity contribution in [3.8, 4) is 0 Å². The van der Waals surface area contributed by atoms with Crippen LogP contribution in [0, 0.1) is 0 Å². The number of carbonyl (C=O) groups excluding carboxylic acids is 1. The largest absolute Gasteiger partial charge is 0.476 e. The van der Waals surface area contributed by atoms with Gasteiger partial charge in [0.25, 0.3) is 5.91 Å². The highest BCUT2D eigenvalue weighted by atomic mass is 32.2. The van der Waals surface area contributed by atoms with E-state index in [1.165, 1.54) is 30.5 Å². The number of carbonyl (C=O) groups is 2. The fraction of sp³-hybridized carbons (Fsp3) is 0.688. The summed E-state index contributed by atoms with van der Waals surface area (Å²) in [7, 11) is -2.15. The quantitative estimate of drug-likeness (QED) is 0.695. The van der Waals surface area contributed by atoms with Crippen LogP contribution in [0.4, 0.5) is 0 Å². The highest BCUT2D eigenvalue weighted by Crippen LogP contribution is 2.49. The summed E-state index contributed by atoms with van der Waals surface area (Å²) in [6, 6.07) is 0. The molecule has 1 aliphatic carbocycles. The Kier molecular flexibility index (Phi) is 4.19. The van der Waals surface area contributed by atoms with Gasteiger partial charge in [-0.2, -0.15) is 5.10 Å². The van der Waals surface area contributed by atoms with Gasteiger partial charge < -0.3 is 15.1 Å². The third-order valence-corrected chi connectivity index (χ3v) is 8.70. The molecule has 0 aromatic carbocycles. The summed E-state index contributed by atoms with van der Waals surface area (Å²) in [5.74, 6) is -1.59. The maximum Gasteiger partial charge on any atom is 0.356 e. The number of aryl methyl sites for hydroxylation is 1. The summed E-state index contributed by atoms with van der Waals surface area (Å²) in [4.78, 5) is 25.6. The van der Waals surface area contributed by atoms with Crippen LogP contribution in [0.25, 0.3) is 0 Å². The van der Waals surface area contributed by atoms with Crippen LogP contribution in [0.1, 0.15) is 53.2 Å². The highest BCUT2D eigenvalue weighted by Gasteiger charge is 2.60. The third kappa shape index (κ3) is 2.54. The number of amides is 1. The lowest BCUT2D eigenvalue weighted by Crippen LogP contribution is -2.51. The monoisotopic (exact) mass is 385 g/mol. The Labute approximate surface area is 151 Å². The van der Waals surface area contributed by atoms with Gasteiger partial charge in [-0.25, -0.2) is 13.2 Å². The number of nitrogens with zero attached hydrogens (tertiary/aromatic N) is 3. The molecule has 0 unspecified atom stereocenters. The number of carboxylic acids is 1. The van der Waals surface area contributed by atoms with Crippen LogP contribution >= 0.6 is 0 Å². The van der Waals surface area contributed by atoms with Crippen molar-refractivity contribution in [2.24, 2.45) is 7.05 Å². The average Bonchev–Trinajstić information content (AvgIpc) is 3.27. The number of hydrogen-bond donors (Lipinski definition) is 2. The molecular formula is C16H23N3O6S. The van der Waals surface area contributed by atoms with E-state index < -0.39 is 37.8 Å². The molecule has 0 spiro atoms. The number of aromatic carboxylic acids is 1. The summed E-state index contributed by atoms with van der Waals surface area (Å²) >= 11 is 0. The lowest BCUT2D eigenvalue weighted by atomic mass is 10.0. The van der Waals surface area contributed by atoms with Crippen molar-refractivity contribution in [2.45, 2.75) is 42.6 Å². The smallest absolute Gasteiger partial charge is 0.356 e. The van der Waals surface area contributed by atoms with E-state index in [1.54, 1.807) is 0 Å². The van der Waals surface area contributed by atoms with Gasteiger partial charge in [-0.05, 0) is 33.1 Å². The molecule has 3 rings (SSSR count). The lowest BCUT2D eigenvalue weighted by molar-refractivity contribution is 0.0688. The van der Waals surface area contributed by atoms with Gasteiger partial charge in [-0.3, -0.25) is 9.48 Å². The average molecular weight is 385 g/mol. The molecule has 26 heavy (non-hydrogen) atoms. The van der Waals surface area contributed by atoms with Gasteiger partial charge >= 0.3 is 5.97 Å². The number of aliphatic hydroxyl groups is 1. The molecule has 0 atom stereocenters. The van der Waals surface area contributed by atoms with E-state index in [4.69, 9.17) is 0 Å². The molecule has 1 saturated carbocycles. The number of carboxylic acid groups (broad SMARTS) is 1. The minimum absolute atomic E-state index is 0.0463. The Bertz CT molecular complexity index is 882. The maximum atomic E-state index is 13.0. The summed E-state index contributed by atoms with van der Waals surface area (Å²) in [6.07, 6.45) is 1.21. The number of hydrogen-bond acceptors (Lipinski definition) is 6. The van der Waals surface area contributed by atoms with Crippen LogP contribution in [-0.2, 0) is 23.3 Å². The van der Waals surface area contributed by atoms with E-state index in [2.05, 4.69) is 5.10 Å². The zero-order valence-corrected chi connectivity index (χ0v) is 15.8. The number of sulfone groups is 1. The number of aliphatic hydroxyl groups excluding tert-OH is 1. The molecule has 10 heteroatoms. The second-order valence-electron chi connectivity index (χ2n) is 7.69. The molecule has 2 heterocycles. The standard InChI is InChI=1S/C16H23N3O6S/c1-15(2,9-20)26(24,25)16(5-6-16)8-19-7-4-10-11(14(22)23)17-18(3)12(10)13(19)21/h20H,4-9H2,1-3H3,(H,22,23). The minimum atomic E-state index is -3.66. The van der Waals surface area contributed by atoms with Crippen LogP contribution in [0.15, 0.2) is 0 Å². The van der Waals surface area contributed by atoms with Crippen molar-refractivity contribution in [1.82, 2.24) is 14.7 Å². The SMILES string of the molecule is Cn1nc(C(=O)O)c2c1C(=O)N(CC1(S(=O)(=O)C(C)(C)CO)CC1)CC2. The molecule has 144 valence electrons. The molecule has 0 radical (unpaired) electrons. The fourth-order valence-corrected chi connectivity index (χ4v) is 5.87. The molecule has 2 N–H and O–H groups in total. The van der Waals surface area contributed by atoms with E-state index in [0.717, 1.165) is 0 Å². The Morgan fingerprint density at radius 2 is 1.96 bits per heavy atom. The molecule has 1 aromatic heterocycles. The summed E-state index contributed by atoms with van der Waals surface area (Å²) in [5.41, 5.74) is 0.457. The highest BCUT2D eigenvalue weighted by molar-refractivity contribution is 7.94. The summed E-state index contributed by atoms with van der Waals surface area (Å²) in [5, 5.41) is 22.6. The molecule has 9 nitrogen and oxygen atoms in total.